The second kappa shape index (κ2) is 7.77. The highest BCUT2D eigenvalue weighted by atomic mass is 35.5. The maximum Gasteiger partial charge on any atom is 0.262 e. The minimum absolute atomic E-state index is 0.208. The molecule has 0 fully saturated rings. The summed E-state index contributed by atoms with van der Waals surface area (Å²) in [5.74, 6) is 1.27. The molecule has 0 aromatic heterocycles. The van der Waals surface area contributed by atoms with Crippen molar-refractivity contribution < 1.29 is 19.0 Å². The molecule has 0 spiro atoms. The molecule has 0 aliphatic carbocycles. The Bertz CT molecular complexity index is 832. The van der Waals surface area contributed by atoms with E-state index in [1.165, 1.54) is 6.07 Å². The van der Waals surface area contributed by atoms with Crippen molar-refractivity contribution >= 4 is 23.2 Å². The first-order chi connectivity index (χ1) is 12.2. The van der Waals surface area contributed by atoms with Crippen LogP contribution in [0, 0.1) is 11.3 Å². The number of amides is 1. The molecule has 6 nitrogen and oxygen atoms in total. The van der Waals surface area contributed by atoms with Gasteiger partial charge in [0.2, 0.25) is 0 Å². The lowest BCUT2D eigenvalue weighted by molar-refractivity contribution is -0.118. The lowest BCUT2D eigenvalue weighted by atomic mass is 10.2. The van der Waals surface area contributed by atoms with E-state index in [-0.39, 0.29) is 17.5 Å². The first-order valence-corrected chi connectivity index (χ1v) is 8.05. The van der Waals surface area contributed by atoms with E-state index >= 15 is 0 Å². The van der Waals surface area contributed by atoms with Crippen LogP contribution in [0.15, 0.2) is 36.4 Å². The Morgan fingerprint density at radius 2 is 2.00 bits per heavy atom. The highest BCUT2D eigenvalue weighted by Crippen LogP contribution is 2.32. The Labute approximate surface area is 149 Å². The Kier molecular flexibility index (Phi) is 5.26. The van der Waals surface area contributed by atoms with Crippen molar-refractivity contribution in [2.75, 3.05) is 25.1 Å². The van der Waals surface area contributed by atoms with Crippen LogP contribution in [0.5, 0.6) is 17.2 Å². The van der Waals surface area contributed by atoms with Crippen molar-refractivity contribution in [3.05, 3.63) is 47.0 Å². The van der Waals surface area contributed by atoms with E-state index in [0.29, 0.717) is 41.7 Å². The molecule has 25 heavy (non-hydrogen) atoms. The largest absolute Gasteiger partial charge is 0.490 e. The maximum absolute atomic E-state index is 12.1. The number of carbonyl (C=O) groups is 1. The average Bonchev–Trinajstić information content (AvgIpc) is 2.85. The van der Waals surface area contributed by atoms with Crippen LogP contribution >= 0.6 is 11.6 Å². The first-order valence-electron chi connectivity index (χ1n) is 7.67. The molecule has 7 heteroatoms. The van der Waals surface area contributed by atoms with E-state index in [1.807, 2.05) is 6.07 Å². The maximum atomic E-state index is 12.1. The van der Waals surface area contributed by atoms with Crippen LogP contribution in [0.2, 0.25) is 5.02 Å². The lowest BCUT2D eigenvalue weighted by Crippen LogP contribution is -2.20. The molecule has 1 aliphatic heterocycles. The van der Waals surface area contributed by atoms with Gasteiger partial charge in [0.05, 0.1) is 29.9 Å². The predicted molar refractivity (Wildman–Crippen MR) is 92.3 cm³/mol. The monoisotopic (exact) mass is 358 g/mol. The number of nitriles is 1. The van der Waals surface area contributed by atoms with Crippen molar-refractivity contribution in [2.24, 2.45) is 0 Å². The van der Waals surface area contributed by atoms with Gasteiger partial charge in [-0.2, -0.15) is 5.26 Å². The zero-order valence-corrected chi connectivity index (χ0v) is 14.0. The fraction of sp³-hybridized carbons (Fsp3) is 0.222. The molecular formula is C18H15ClN2O4. The summed E-state index contributed by atoms with van der Waals surface area (Å²) in [6, 6.07) is 11.8. The fourth-order valence-electron chi connectivity index (χ4n) is 2.27. The van der Waals surface area contributed by atoms with Gasteiger partial charge < -0.3 is 19.5 Å². The molecule has 0 bridgehead atoms. The third kappa shape index (κ3) is 4.34. The SMILES string of the molecule is N#Cc1ccc(OCC(=O)Nc2ccc3c(c2)OCCCO3)c(Cl)c1. The van der Waals surface area contributed by atoms with Gasteiger partial charge in [-0.05, 0) is 30.3 Å². The molecule has 1 amide bonds. The summed E-state index contributed by atoms with van der Waals surface area (Å²) in [6.07, 6.45) is 0.815. The number of hydrogen-bond acceptors (Lipinski definition) is 5. The van der Waals surface area contributed by atoms with Crippen molar-refractivity contribution in [3.8, 4) is 23.3 Å². The molecule has 0 unspecified atom stereocenters. The molecule has 2 aromatic rings. The molecule has 1 N–H and O–H groups in total. The summed E-state index contributed by atoms with van der Waals surface area (Å²) in [7, 11) is 0. The molecule has 1 aliphatic rings. The number of nitrogens with one attached hydrogen (secondary N) is 1. The number of fused-ring (bicyclic) bond motifs is 1. The number of carbonyl (C=O) groups excluding carboxylic acids is 1. The number of nitrogens with zero attached hydrogens (tertiary/aromatic N) is 1. The highest BCUT2D eigenvalue weighted by Gasteiger charge is 2.12. The molecule has 3 rings (SSSR count). The smallest absolute Gasteiger partial charge is 0.262 e. The summed E-state index contributed by atoms with van der Waals surface area (Å²) < 4.78 is 16.5. The Balaban J connectivity index is 1.59. The van der Waals surface area contributed by atoms with Crippen LogP contribution in [0.25, 0.3) is 0 Å². The Hall–Kier alpha value is -2.91. The van der Waals surface area contributed by atoms with E-state index in [1.54, 1.807) is 30.3 Å². The van der Waals surface area contributed by atoms with E-state index in [0.717, 1.165) is 6.42 Å². The molecule has 1 heterocycles. The fourth-order valence-corrected chi connectivity index (χ4v) is 2.50. The van der Waals surface area contributed by atoms with E-state index < -0.39 is 0 Å². The van der Waals surface area contributed by atoms with Gasteiger partial charge in [0, 0.05) is 18.2 Å². The summed E-state index contributed by atoms with van der Waals surface area (Å²) in [5.41, 5.74) is 1.01. The van der Waals surface area contributed by atoms with Gasteiger partial charge in [-0.1, -0.05) is 11.6 Å². The normalized spacial score (nSPS) is 12.6. The quantitative estimate of drug-likeness (QED) is 0.906. The topological polar surface area (TPSA) is 80.6 Å². The molecule has 128 valence electrons. The number of hydrogen-bond donors (Lipinski definition) is 1. The van der Waals surface area contributed by atoms with Gasteiger partial charge in [-0.15, -0.1) is 0 Å². The van der Waals surface area contributed by atoms with Crippen LogP contribution in [-0.4, -0.2) is 25.7 Å². The minimum atomic E-state index is -0.338. The third-order valence-corrected chi connectivity index (χ3v) is 3.75. The number of ether oxygens (including phenoxy) is 3. The Morgan fingerprint density at radius 3 is 2.76 bits per heavy atom. The summed E-state index contributed by atoms with van der Waals surface area (Å²) >= 11 is 6.01. The van der Waals surface area contributed by atoms with Crippen LogP contribution in [0.3, 0.4) is 0 Å². The van der Waals surface area contributed by atoms with Gasteiger partial charge in [0.25, 0.3) is 5.91 Å². The van der Waals surface area contributed by atoms with Gasteiger partial charge in [-0.3, -0.25) is 4.79 Å². The van der Waals surface area contributed by atoms with E-state index in [4.69, 9.17) is 31.1 Å². The zero-order chi connectivity index (χ0) is 17.6. The van der Waals surface area contributed by atoms with Crippen LogP contribution in [0.1, 0.15) is 12.0 Å². The van der Waals surface area contributed by atoms with Crippen molar-refractivity contribution in [1.29, 1.82) is 5.26 Å². The van der Waals surface area contributed by atoms with Crippen molar-refractivity contribution in [2.45, 2.75) is 6.42 Å². The van der Waals surface area contributed by atoms with E-state index in [9.17, 15) is 4.79 Å². The predicted octanol–water partition coefficient (Wildman–Crippen LogP) is 3.39. The highest BCUT2D eigenvalue weighted by molar-refractivity contribution is 6.32. The van der Waals surface area contributed by atoms with Crippen LogP contribution in [0.4, 0.5) is 5.69 Å². The van der Waals surface area contributed by atoms with Gasteiger partial charge in [0.15, 0.2) is 18.1 Å². The summed E-state index contributed by atoms with van der Waals surface area (Å²) in [6.45, 7) is 0.975. The molecule has 2 aromatic carbocycles. The van der Waals surface area contributed by atoms with Crippen molar-refractivity contribution in [1.82, 2.24) is 0 Å². The summed E-state index contributed by atoms with van der Waals surface area (Å²) in [4.78, 5) is 12.1. The average molecular weight is 359 g/mol. The standard InChI is InChI=1S/C18H15ClN2O4/c19-14-8-12(10-20)2-4-15(14)25-11-18(22)21-13-3-5-16-17(9-13)24-7-1-6-23-16/h2-5,8-9H,1,6-7,11H2,(H,21,22). The molecule has 0 saturated carbocycles. The molecule has 0 saturated heterocycles. The molecule has 0 atom stereocenters. The zero-order valence-electron chi connectivity index (χ0n) is 13.3. The molecule has 0 radical (unpaired) electrons. The third-order valence-electron chi connectivity index (χ3n) is 3.45. The second-order valence-corrected chi connectivity index (χ2v) is 5.71. The first kappa shape index (κ1) is 16.9. The van der Waals surface area contributed by atoms with Gasteiger partial charge in [0.1, 0.15) is 5.75 Å². The number of halogens is 1. The number of anilines is 1. The number of rotatable bonds is 4. The van der Waals surface area contributed by atoms with Gasteiger partial charge >= 0.3 is 0 Å². The van der Waals surface area contributed by atoms with E-state index in [2.05, 4.69) is 5.32 Å². The van der Waals surface area contributed by atoms with Crippen molar-refractivity contribution in [3.63, 3.8) is 0 Å². The van der Waals surface area contributed by atoms with Gasteiger partial charge in [-0.25, -0.2) is 0 Å². The minimum Gasteiger partial charge on any atom is -0.490 e. The van der Waals surface area contributed by atoms with Crippen LogP contribution in [-0.2, 0) is 4.79 Å². The second-order valence-electron chi connectivity index (χ2n) is 5.31. The lowest BCUT2D eigenvalue weighted by Gasteiger charge is -2.11. The number of benzene rings is 2. The molecular weight excluding hydrogens is 344 g/mol. The van der Waals surface area contributed by atoms with Crippen LogP contribution < -0.4 is 19.5 Å². The Morgan fingerprint density at radius 1 is 1.20 bits per heavy atom. The summed E-state index contributed by atoms with van der Waals surface area (Å²) in [5, 5.41) is 11.8.